The van der Waals surface area contributed by atoms with Gasteiger partial charge in [0.15, 0.2) is 0 Å². The van der Waals surface area contributed by atoms with Gasteiger partial charge in [0.1, 0.15) is 5.75 Å². The van der Waals surface area contributed by atoms with E-state index < -0.39 is 0 Å². The average Bonchev–Trinajstić information content (AvgIpc) is 3.20. The normalized spacial score (nSPS) is 14.1. The maximum atomic E-state index is 11.4. The van der Waals surface area contributed by atoms with E-state index in [4.69, 9.17) is 10.5 Å². The minimum Gasteiger partial charge on any atom is -0.497 e. The third-order valence-corrected chi connectivity index (χ3v) is 2.95. The smallest absolute Gasteiger partial charge is 0.223 e. The summed E-state index contributed by atoms with van der Waals surface area (Å²) in [6, 6.07) is 5.49. The summed E-state index contributed by atoms with van der Waals surface area (Å²) in [4.78, 5) is 11.4. The van der Waals surface area contributed by atoms with Gasteiger partial charge in [-0.15, -0.1) is 0 Å². The molecular formula is C13H19N3O2. The monoisotopic (exact) mass is 249 g/mol. The molecule has 0 atom stereocenters. The molecule has 0 radical (unpaired) electrons. The SMILES string of the molecule is COc1ccc(NCCNC(=O)C2CC2)c(N)c1. The number of nitrogens with two attached hydrogens (primary N) is 1. The fourth-order valence-corrected chi connectivity index (χ4v) is 1.70. The van der Waals surface area contributed by atoms with E-state index in [-0.39, 0.29) is 11.8 Å². The third-order valence-electron chi connectivity index (χ3n) is 2.95. The zero-order valence-corrected chi connectivity index (χ0v) is 10.5. The summed E-state index contributed by atoms with van der Waals surface area (Å²) < 4.78 is 5.08. The van der Waals surface area contributed by atoms with Crippen molar-refractivity contribution in [3.05, 3.63) is 18.2 Å². The van der Waals surface area contributed by atoms with Crippen LogP contribution in [-0.2, 0) is 4.79 Å². The van der Waals surface area contributed by atoms with Gasteiger partial charge in [-0.1, -0.05) is 0 Å². The molecule has 1 amide bonds. The van der Waals surface area contributed by atoms with E-state index in [1.807, 2.05) is 12.1 Å². The number of carbonyl (C=O) groups is 1. The second kappa shape index (κ2) is 5.62. The zero-order valence-electron chi connectivity index (χ0n) is 10.5. The Labute approximate surface area is 107 Å². The highest BCUT2D eigenvalue weighted by atomic mass is 16.5. The Bertz CT molecular complexity index is 430. The fourth-order valence-electron chi connectivity index (χ4n) is 1.70. The third kappa shape index (κ3) is 3.29. The van der Waals surface area contributed by atoms with Crippen LogP contribution in [-0.4, -0.2) is 26.1 Å². The highest BCUT2D eigenvalue weighted by Gasteiger charge is 2.28. The van der Waals surface area contributed by atoms with E-state index >= 15 is 0 Å². The molecule has 1 saturated carbocycles. The van der Waals surface area contributed by atoms with Crippen molar-refractivity contribution in [1.82, 2.24) is 5.32 Å². The van der Waals surface area contributed by atoms with Gasteiger partial charge >= 0.3 is 0 Å². The molecule has 0 heterocycles. The van der Waals surface area contributed by atoms with Crippen molar-refractivity contribution in [3.63, 3.8) is 0 Å². The number of carbonyl (C=O) groups excluding carboxylic acids is 1. The van der Waals surface area contributed by atoms with E-state index in [1.54, 1.807) is 13.2 Å². The number of benzene rings is 1. The molecule has 1 aliphatic rings. The number of hydrogen-bond donors (Lipinski definition) is 3. The molecule has 5 heteroatoms. The standard InChI is InChI=1S/C13H19N3O2/c1-18-10-4-5-12(11(14)8-10)15-6-7-16-13(17)9-2-3-9/h4-5,8-9,15H,2-3,6-7,14H2,1H3,(H,16,17). The second-order valence-corrected chi connectivity index (χ2v) is 4.45. The first kappa shape index (κ1) is 12.5. The molecule has 1 aromatic rings. The predicted molar refractivity (Wildman–Crippen MR) is 71.6 cm³/mol. The molecule has 0 aliphatic heterocycles. The molecule has 5 nitrogen and oxygen atoms in total. The minimum atomic E-state index is 0.166. The van der Waals surface area contributed by atoms with Gasteiger partial charge in [-0.25, -0.2) is 0 Å². The van der Waals surface area contributed by atoms with Crippen molar-refractivity contribution in [2.45, 2.75) is 12.8 Å². The van der Waals surface area contributed by atoms with Crippen molar-refractivity contribution >= 4 is 17.3 Å². The molecule has 0 unspecified atom stereocenters. The van der Waals surface area contributed by atoms with Crippen molar-refractivity contribution in [2.24, 2.45) is 5.92 Å². The summed E-state index contributed by atoms with van der Waals surface area (Å²) in [5.74, 6) is 1.16. The van der Waals surface area contributed by atoms with Gasteiger partial charge in [-0.05, 0) is 25.0 Å². The lowest BCUT2D eigenvalue weighted by molar-refractivity contribution is -0.122. The van der Waals surface area contributed by atoms with E-state index in [9.17, 15) is 4.79 Å². The predicted octanol–water partition coefficient (Wildman–Crippen LogP) is 1.22. The first-order valence-corrected chi connectivity index (χ1v) is 6.16. The maximum absolute atomic E-state index is 11.4. The number of nitrogen functional groups attached to an aromatic ring is 1. The largest absolute Gasteiger partial charge is 0.497 e. The fraction of sp³-hybridized carbons (Fsp3) is 0.462. The number of nitrogens with one attached hydrogen (secondary N) is 2. The Hall–Kier alpha value is -1.91. The van der Waals surface area contributed by atoms with Crippen LogP contribution in [0.1, 0.15) is 12.8 Å². The molecule has 4 N–H and O–H groups in total. The lowest BCUT2D eigenvalue weighted by atomic mass is 10.2. The average molecular weight is 249 g/mol. The lowest BCUT2D eigenvalue weighted by Crippen LogP contribution is -2.29. The van der Waals surface area contributed by atoms with Gasteiger partial charge in [0.2, 0.25) is 5.91 Å². The highest BCUT2D eigenvalue weighted by Crippen LogP contribution is 2.28. The lowest BCUT2D eigenvalue weighted by Gasteiger charge is -2.11. The van der Waals surface area contributed by atoms with Crippen molar-refractivity contribution in [2.75, 3.05) is 31.2 Å². The molecule has 18 heavy (non-hydrogen) atoms. The second-order valence-electron chi connectivity index (χ2n) is 4.45. The molecule has 0 bridgehead atoms. The molecular weight excluding hydrogens is 230 g/mol. The Balaban J connectivity index is 1.74. The van der Waals surface area contributed by atoms with Crippen LogP contribution in [0, 0.1) is 5.92 Å². The number of rotatable bonds is 6. The summed E-state index contributed by atoms with van der Waals surface area (Å²) in [5.41, 5.74) is 7.37. The Morgan fingerprint density at radius 1 is 1.44 bits per heavy atom. The van der Waals surface area contributed by atoms with Crippen LogP contribution in [0.3, 0.4) is 0 Å². The van der Waals surface area contributed by atoms with Crippen molar-refractivity contribution in [1.29, 1.82) is 0 Å². The molecule has 0 saturated heterocycles. The van der Waals surface area contributed by atoms with Gasteiger partial charge in [0.05, 0.1) is 18.5 Å². The van der Waals surface area contributed by atoms with Crippen LogP contribution in [0.25, 0.3) is 0 Å². The zero-order chi connectivity index (χ0) is 13.0. The van der Waals surface area contributed by atoms with Gasteiger partial charge in [-0.2, -0.15) is 0 Å². The summed E-state index contributed by atoms with van der Waals surface area (Å²) in [6.45, 7) is 1.27. The summed E-state index contributed by atoms with van der Waals surface area (Å²) in [6.07, 6.45) is 2.06. The van der Waals surface area contributed by atoms with Crippen LogP contribution in [0.4, 0.5) is 11.4 Å². The minimum absolute atomic E-state index is 0.166. The first-order chi connectivity index (χ1) is 8.70. The van der Waals surface area contributed by atoms with Crippen molar-refractivity contribution < 1.29 is 9.53 Å². The number of amides is 1. The van der Waals surface area contributed by atoms with Gasteiger partial charge in [0.25, 0.3) is 0 Å². The van der Waals surface area contributed by atoms with Crippen molar-refractivity contribution in [3.8, 4) is 5.75 Å². The summed E-state index contributed by atoms with van der Waals surface area (Å²) in [5, 5.41) is 6.07. The molecule has 1 aliphatic carbocycles. The van der Waals surface area contributed by atoms with Crippen LogP contribution in [0.5, 0.6) is 5.75 Å². The molecule has 0 spiro atoms. The topological polar surface area (TPSA) is 76.4 Å². The first-order valence-electron chi connectivity index (χ1n) is 6.16. The maximum Gasteiger partial charge on any atom is 0.223 e. The van der Waals surface area contributed by atoms with Gasteiger partial charge in [-0.3, -0.25) is 4.79 Å². The van der Waals surface area contributed by atoms with Gasteiger partial charge < -0.3 is 21.1 Å². The van der Waals surface area contributed by atoms with Crippen LogP contribution in [0.15, 0.2) is 18.2 Å². The Morgan fingerprint density at radius 3 is 2.83 bits per heavy atom. The number of ether oxygens (including phenoxy) is 1. The van der Waals surface area contributed by atoms with E-state index in [1.165, 1.54) is 0 Å². The molecule has 98 valence electrons. The summed E-state index contributed by atoms with van der Waals surface area (Å²) >= 11 is 0. The van der Waals surface area contributed by atoms with Gasteiger partial charge in [0, 0.05) is 25.1 Å². The Kier molecular flexibility index (Phi) is 3.92. The number of anilines is 2. The number of hydrogen-bond acceptors (Lipinski definition) is 4. The van der Waals surface area contributed by atoms with Crippen LogP contribution >= 0.6 is 0 Å². The molecule has 1 aromatic carbocycles. The quantitative estimate of drug-likeness (QED) is 0.523. The highest BCUT2D eigenvalue weighted by molar-refractivity contribution is 5.80. The van der Waals surface area contributed by atoms with Crippen LogP contribution < -0.4 is 21.1 Å². The van der Waals surface area contributed by atoms with E-state index in [2.05, 4.69) is 10.6 Å². The Morgan fingerprint density at radius 2 is 2.22 bits per heavy atom. The van der Waals surface area contributed by atoms with E-state index in [0.29, 0.717) is 18.8 Å². The number of methoxy groups -OCH3 is 1. The summed E-state index contributed by atoms with van der Waals surface area (Å²) in [7, 11) is 1.61. The molecule has 1 fully saturated rings. The molecule has 2 rings (SSSR count). The van der Waals surface area contributed by atoms with E-state index in [0.717, 1.165) is 24.3 Å². The molecule has 0 aromatic heterocycles. The van der Waals surface area contributed by atoms with Crippen LogP contribution in [0.2, 0.25) is 0 Å².